The van der Waals surface area contributed by atoms with Gasteiger partial charge >= 0.3 is 0 Å². The molecule has 3 heterocycles. The second kappa shape index (κ2) is 8.57. The number of nitrogens with zero attached hydrogens (tertiary/aromatic N) is 4. The predicted molar refractivity (Wildman–Crippen MR) is 108 cm³/mol. The monoisotopic (exact) mass is 395 g/mol. The fourth-order valence-electron chi connectivity index (χ4n) is 3.28. The molecule has 3 aromatic rings. The first-order valence-corrected chi connectivity index (χ1v) is 9.97. The standard InChI is InChI=1S/C21H25N5O3/c1-14-10-15(11-24-21(14)29-16-4-2-5-16)12-26-13-17-18(25-26)6-8-22-19(17)20(28)23-7-3-9-27/h6,8,10-11,13,16,27H,2-5,7,9,12H2,1H3,(H,23,28). The van der Waals surface area contributed by atoms with E-state index in [0.717, 1.165) is 24.0 Å². The molecule has 152 valence electrons. The Labute approximate surface area is 168 Å². The maximum Gasteiger partial charge on any atom is 0.270 e. The quantitative estimate of drug-likeness (QED) is 0.567. The van der Waals surface area contributed by atoms with Crippen LogP contribution in [-0.2, 0) is 6.54 Å². The molecule has 0 radical (unpaired) electrons. The van der Waals surface area contributed by atoms with Crippen molar-refractivity contribution in [1.82, 2.24) is 25.1 Å². The summed E-state index contributed by atoms with van der Waals surface area (Å²) in [5.74, 6) is 0.439. The van der Waals surface area contributed by atoms with Crippen LogP contribution in [0.15, 0.2) is 30.7 Å². The molecule has 0 spiro atoms. The predicted octanol–water partition coefficient (Wildman–Crippen LogP) is 2.23. The zero-order valence-corrected chi connectivity index (χ0v) is 16.5. The second-order valence-electron chi connectivity index (χ2n) is 7.39. The Bertz CT molecular complexity index is 1010. The van der Waals surface area contributed by atoms with E-state index in [1.807, 2.05) is 19.3 Å². The van der Waals surface area contributed by atoms with Gasteiger partial charge in [-0.1, -0.05) is 0 Å². The minimum Gasteiger partial charge on any atom is -0.474 e. The lowest BCUT2D eigenvalue weighted by molar-refractivity contribution is 0.0948. The Morgan fingerprint density at radius 1 is 1.38 bits per heavy atom. The summed E-state index contributed by atoms with van der Waals surface area (Å²) < 4.78 is 7.71. The number of carbonyl (C=O) groups is 1. The van der Waals surface area contributed by atoms with Gasteiger partial charge in [0.2, 0.25) is 5.88 Å². The average Bonchev–Trinajstić information content (AvgIpc) is 3.08. The van der Waals surface area contributed by atoms with Crippen molar-refractivity contribution in [2.24, 2.45) is 0 Å². The second-order valence-corrected chi connectivity index (χ2v) is 7.39. The fourth-order valence-corrected chi connectivity index (χ4v) is 3.28. The van der Waals surface area contributed by atoms with Crippen LogP contribution in [0.2, 0.25) is 0 Å². The van der Waals surface area contributed by atoms with Crippen LogP contribution in [0.3, 0.4) is 0 Å². The number of rotatable bonds is 8. The van der Waals surface area contributed by atoms with E-state index < -0.39 is 0 Å². The number of hydrogen-bond acceptors (Lipinski definition) is 6. The van der Waals surface area contributed by atoms with E-state index in [4.69, 9.17) is 9.84 Å². The van der Waals surface area contributed by atoms with Gasteiger partial charge in [-0.15, -0.1) is 0 Å². The van der Waals surface area contributed by atoms with Crippen molar-refractivity contribution in [2.75, 3.05) is 13.2 Å². The average molecular weight is 395 g/mol. The number of fused-ring (bicyclic) bond motifs is 1. The SMILES string of the molecule is Cc1cc(Cn2cc3c(C(=O)NCCCO)nccc3n2)cnc1OC1CCC1. The van der Waals surface area contributed by atoms with Crippen molar-refractivity contribution in [2.45, 2.75) is 45.3 Å². The molecule has 8 nitrogen and oxygen atoms in total. The molecule has 1 aliphatic rings. The molecule has 0 saturated heterocycles. The lowest BCUT2D eigenvalue weighted by atomic mass is 9.96. The third-order valence-corrected chi connectivity index (χ3v) is 5.08. The van der Waals surface area contributed by atoms with E-state index in [0.29, 0.717) is 48.1 Å². The highest BCUT2D eigenvalue weighted by Gasteiger charge is 2.20. The fraction of sp³-hybridized carbons (Fsp3) is 0.429. The highest BCUT2D eigenvalue weighted by atomic mass is 16.5. The first-order valence-electron chi connectivity index (χ1n) is 9.97. The summed E-state index contributed by atoms with van der Waals surface area (Å²) >= 11 is 0. The van der Waals surface area contributed by atoms with E-state index in [-0.39, 0.29) is 12.5 Å². The molecule has 1 amide bonds. The molecule has 1 saturated carbocycles. The molecule has 1 aliphatic carbocycles. The Hall–Kier alpha value is -3.00. The van der Waals surface area contributed by atoms with Gasteiger partial charge in [0.25, 0.3) is 5.91 Å². The van der Waals surface area contributed by atoms with Crippen LogP contribution in [-0.4, -0.2) is 50.0 Å². The molecule has 4 rings (SSSR count). The molecule has 2 N–H and O–H groups in total. The summed E-state index contributed by atoms with van der Waals surface area (Å²) in [5.41, 5.74) is 3.07. The third kappa shape index (κ3) is 4.37. The number of hydrogen-bond donors (Lipinski definition) is 2. The van der Waals surface area contributed by atoms with Crippen LogP contribution >= 0.6 is 0 Å². The van der Waals surface area contributed by atoms with Crippen LogP contribution < -0.4 is 10.1 Å². The third-order valence-electron chi connectivity index (χ3n) is 5.08. The minimum absolute atomic E-state index is 0.0355. The molecular weight excluding hydrogens is 370 g/mol. The number of aliphatic hydroxyl groups excluding tert-OH is 1. The number of aliphatic hydroxyl groups is 1. The molecule has 0 unspecified atom stereocenters. The summed E-state index contributed by atoms with van der Waals surface area (Å²) in [6, 6.07) is 3.85. The Kier molecular flexibility index (Phi) is 5.71. The van der Waals surface area contributed by atoms with Crippen molar-refractivity contribution in [3.05, 3.63) is 47.5 Å². The van der Waals surface area contributed by atoms with Crippen LogP contribution in [0.5, 0.6) is 5.88 Å². The lowest BCUT2D eigenvalue weighted by Crippen LogP contribution is -2.26. The summed E-state index contributed by atoms with van der Waals surface area (Å²) in [6.45, 7) is 2.98. The van der Waals surface area contributed by atoms with E-state index in [9.17, 15) is 4.79 Å². The molecule has 0 atom stereocenters. The van der Waals surface area contributed by atoms with Crippen molar-refractivity contribution in [3.63, 3.8) is 0 Å². The first kappa shape index (κ1) is 19.3. The van der Waals surface area contributed by atoms with Crippen LogP contribution in [0.4, 0.5) is 0 Å². The molecule has 0 aromatic carbocycles. The van der Waals surface area contributed by atoms with E-state index in [1.165, 1.54) is 6.42 Å². The van der Waals surface area contributed by atoms with Gasteiger partial charge in [-0.2, -0.15) is 5.10 Å². The Morgan fingerprint density at radius 2 is 2.24 bits per heavy atom. The number of nitrogens with one attached hydrogen (secondary N) is 1. The van der Waals surface area contributed by atoms with E-state index in [1.54, 1.807) is 16.9 Å². The number of aryl methyl sites for hydroxylation is 1. The van der Waals surface area contributed by atoms with Gasteiger partial charge in [0.15, 0.2) is 0 Å². The number of pyridine rings is 2. The van der Waals surface area contributed by atoms with Gasteiger partial charge in [-0.25, -0.2) is 4.98 Å². The summed E-state index contributed by atoms with van der Waals surface area (Å²) in [5, 5.41) is 16.9. The first-order chi connectivity index (χ1) is 14.1. The van der Waals surface area contributed by atoms with Crippen molar-refractivity contribution >= 4 is 16.8 Å². The zero-order chi connectivity index (χ0) is 20.2. The summed E-state index contributed by atoms with van der Waals surface area (Å²) in [4.78, 5) is 21.1. The maximum absolute atomic E-state index is 12.4. The largest absolute Gasteiger partial charge is 0.474 e. The molecule has 8 heteroatoms. The number of amides is 1. The van der Waals surface area contributed by atoms with E-state index in [2.05, 4.69) is 26.4 Å². The Balaban J connectivity index is 1.50. The molecule has 1 fully saturated rings. The lowest BCUT2D eigenvalue weighted by Gasteiger charge is -2.26. The van der Waals surface area contributed by atoms with E-state index >= 15 is 0 Å². The van der Waals surface area contributed by atoms with Gasteiger partial charge in [-0.3, -0.25) is 14.5 Å². The smallest absolute Gasteiger partial charge is 0.270 e. The summed E-state index contributed by atoms with van der Waals surface area (Å²) in [7, 11) is 0. The van der Waals surface area contributed by atoms with Crippen molar-refractivity contribution in [1.29, 1.82) is 0 Å². The Morgan fingerprint density at radius 3 is 2.97 bits per heavy atom. The minimum atomic E-state index is -0.265. The normalized spacial score (nSPS) is 14.0. The van der Waals surface area contributed by atoms with Gasteiger partial charge < -0.3 is 15.2 Å². The van der Waals surface area contributed by atoms with Gasteiger partial charge in [-0.05, 0) is 50.3 Å². The number of carbonyl (C=O) groups excluding carboxylic acids is 1. The van der Waals surface area contributed by atoms with Crippen LogP contribution in [0.1, 0.15) is 47.3 Å². The van der Waals surface area contributed by atoms with Crippen molar-refractivity contribution < 1.29 is 14.6 Å². The molecule has 3 aromatic heterocycles. The summed E-state index contributed by atoms with van der Waals surface area (Å²) in [6.07, 6.45) is 9.47. The van der Waals surface area contributed by atoms with Crippen molar-refractivity contribution in [3.8, 4) is 5.88 Å². The molecule has 29 heavy (non-hydrogen) atoms. The molecular formula is C21H25N5O3. The van der Waals surface area contributed by atoms with Gasteiger partial charge in [0.1, 0.15) is 11.8 Å². The molecule has 0 aliphatic heterocycles. The maximum atomic E-state index is 12.4. The number of ether oxygens (including phenoxy) is 1. The zero-order valence-electron chi connectivity index (χ0n) is 16.5. The highest BCUT2D eigenvalue weighted by molar-refractivity contribution is 6.04. The number of aromatic nitrogens is 4. The molecule has 0 bridgehead atoms. The van der Waals surface area contributed by atoms with Crippen LogP contribution in [0.25, 0.3) is 10.9 Å². The van der Waals surface area contributed by atoms with Gasteiger partial charge in [0, 0.05) is 37.3 Å². The highest BCUT2D eigenvalue weighted by Crippen LogP contribution is 2.26. The van der Waals surface area contributed by atoms with Crippen LogP contribution in [0, 0.1) is 6.92 Å². The van der Waals surface area contributed by atoms with Gasteiger partial charge in [0.05, 0.1) is 17.4 Å². The topological polar surface area (TPSA) is 102 Å².